The lowest BCUT2D eigenvalue weighted by Crippen LogP contribution is -2.02. The number of fused-ring (bicyclic) bond motifs is 1. The summed E-state index contributed by atoms with van der Waals surface area (Å²) in [4.78, 5) is 0. The molecule has 1 aromatic heterocycles. The van der Waals surface area contributed by atoms with Gasteiger partial charge in [0.2, 0.25) is 0 Å². The molecule has 0 aliphatic carbocycles. The van der Waals surface area contributed by atoms with E-state index in [1.807, 2.05) is 6.07 Å². The minimum atomic E-state index is 0.387. The van der Waals surface area contributed by atoms with E-state index < -0.39 is 0 Å². The highest BCUT2D eigenvalue weighted by atomic mass is 15.1. The second-order valence-corrected chi connectivity index (χ2v) is 5.39. The fourth-order valence-electron chi connectivity index (χ4n) is 2.53. The van der Waals surface area contributed by atoms with E-state index in [1.165, 1.54) is 16.3 Å². The summed E-state index contributed by atoms with van der Waals surface area (Å²) in [6, 6.07) is 18.9. The van der Waals surface area contributed by atoms with Crippen molar-refractivity contribution in [3.63, 3.8) is 0 Å². The van der Waals surface area contributed by atoms with E-state index in [1.54, 1.807) is 0 Å². The molecule has 2 nitrogen and oxygen atoms in total. The topological polar surface area (TPSA) is 25.8 Å². The summed E-state index contributed by atoms with van der Waals surface area (Å²) in [6.45, 7) is 4.32. The largest absolute Gasteiger partial charge is 0.154 e. The van der Waals surface area contributed by atoms with Crippen LogP contribution in [0.15, 0.2) is 54.6 Å². The van der Waals surface area contributed by atoms with E-state index >= 15 is 0 Å². The Kier molecular flexibility index (Phi) is 3.46. The zero-order chi connectivity index (χ0) is 13.9. The maximum absolute atomic E-state index is 4.47. The lowest BCUT2D eigenvalue weighted by molar-refractivity contribution is 0.787. The van der Waals surface area contributed by atoms with Gasteiger partial charge in [0.1, 0.15) is 0 Å². The molecule has 0 aliphatic rings. The molecule has 0 radical (unpaired) electrons. The Morgan fingerprint density at radius 1 is 0.800 bits per heavy atom. The van der Waals surface area contributed by atoms with Gasteiger partial charge in [-0.2, -0.15) is 10.2 Å². The third kappa shape index (κ3) is 2.42. The van der Waals surface area contributed by atoms with Gasteiger partial charge in [0.25, 0.3) is 0 Å². The minimum Gasteiger partial charge on any atom is -0.154 e. The second kappa shape index (κ2) is 5.41. The average molecular weight is 262 g/mol. The van der Waals surface area contributed by atoms with Gasteiger partial charge in [-0.1, -0.05) is 68.4 Å². The molecule has 0 amide bonds. The normalized spacial score (nSPS) is 11.2. The van der Waals surface area contributed by atoms with Crippen LogP contribution in [-0.2, 0) is 6.42 Å². The van der Waals surface area contributed by atoms with Crippen molar-refractivity contribution in [3.8, 4) is 0 Å². The molecule has 0 fully saturated rings. The molecule has 0 bridgehead atoms. The molecule has 2 aromatic carbocycles. The summed E-state index contributed by atoms with van der Waals surface area (Å²) >= 11 is 0. The van der Waals surface area contributed by atoms with Gasteiger partial charge >= 0.3 is 0 Å². The van der Waals surface area contributed by atoms with Crippen LogP contribution < -0.4 is 0 Å². The van der Waals surface area contributed by atoms with Crippen molar-refractivity contribution in [1.82, 2.24) is 10.2 Å². The molecule has 0 saturated heterocycles. The molecule has 3 aromatic rings. The molecular weight excluding hydrogens is 244 g/mol. The number of hydrogen-bond acceptors (Lipinski definition) is 2. The maximum atomic E-state index is 4.47. The quantitative estimate of drug-likeness (QED) is 0.701. The first-order chi connectivity index (χ1) is 9.75. The SMILES string of the molecule is CC(C)c1nnc(Cc2ccccc2)c2ccccc12. The van der Waals surface area contributed by atoms with Gasteiger partial charge in [0, 0.05) is 17.2 Å². The molecule has 1 heterocycles. The van der Waals surface area contributed by atoms with Crippen molar-refractivity contribution in [3.05, 3.63) is 71.5 Å². The Hall–Kier alpha value is -2.22. The van der Waals surface area contributed by atoms with Crippen molar-refractivity contribution in [2.75, 3.05) is 0 Å². The van der Waals surface area contributed by atoms with Crippen LogP contribution >= 0.6 is 0 Å². The van der Waals surface area contributed by atoms with Crippen LogP contribution in [0.1, 0.15) is 36.7 Å². The highest BCUT2D eigenvalue weighted by molar-refractivity contribution is 5.86. The van der Waals surface area contributed by atoms with Gasteiger partial charge in [0.15, 0.2) is 0 Å². The summed E-state index contributed by atoms with van der Waals surface area (Å²) in [7, 11) is 0. The average Bonchev–Trinajstić information content (AvgIpc) is 2.48. The van der Waals surface area contributed by atoms with Gasteiger partial charge in [0.05, 0.1) is 11.4 Å². The third-order valence-corrected chi connectivity index (χ3v) is 3.55. The number of aromatic nitrogens is 2. The predicted octanol–water partition coefficient (Wildman–Crippen LogP) is 4.34. The molecule has 0 N–H and O–H groups in total. The van der Waals surface area contributed by atoms with Crippen molar-refractivity contribution in [2.45, 2.75) is 26.2 Å². The van der Waals surface area contributed by atoms with Crippen LogP contribution in [-0.4, -0.2) is 10.2 Å². The predicted molar refractivity (Wildman–Crippen MR) is 82.9 cm³/mol. The van der Waals surface area contributed by atoms with Crippen LogP contribution in [0.25, 0.3) is 10.8 Å². The maximum Gasteiger partial charge on any atom is 0.0753 e. The molecule has 0 unspecified atom stereocenters. The molecule has 0 saturated carbocycles. The van der Waals surface area contributed by atoms with E-state index in [0.717, 1.165) is 17.8 Å². The number of rotatable bonds is 3. The first-order valence-electron chi connectivity index (χ1n) is 7.04. The first kappa shape index (κ1) is 12.8. The summed E-state index contributed by atoms with van der Waals surface area (Å²) in [5, 5.41) is 11.4. The number of nitrogens with zero attached hydrogens (tertiary/aromatic N) is 2. The smallest absolute Gasteiger partial charge is 0.0753 e. The van der Waals surface area contributed by atoms with Gasteiger partial charge in [-0.15, -0.1) is 0 Å². The Morgan fingerprint density at radius 3 is 2.15 bits per heavy atom. The molecule has 20 heavy (non-hydrogen) atoms. The van der Waals surface area contributed by atoms with Crippen molar-refractivity contribution < 1.29 is 0 Å². The standard InChI is InChI=1S/C18H18N2/c1-13(2)18-16-11-7-6-10-15(16)17(19-20-18)12-14-8-4-3-5-9-14/h3-11,13H,12H2,1-2H3. The highest BCUT2D eigenvalue weighted by Crippen LogP contribution is 2.25. The van der Waals surface area contributed by atoms with Gasteiger partial charge in [-0.05, 0) is 11.5 Å². The summed E-state index contributed by atoms with van der Waals surface area (Å²) in [5.41, 5.74) is 3.40. The van der Waals surface area contributed by atoms with Crippen LogP contribution in [0.5, 0.6) is 0 Å². The third-order valence-electron chi connectivity index (χ3n) is 3.55. The van der Waals surface area contributed by atoms with Crippen molar-refractivity contribution in [1.29, 1.82) is 0 Å². The molecular formula is C18H18N2. The van der Waals surface area contributed by atoms with Gasteiger partial charge < -0.3 is 0 Å². The van der Waals surface area contributed by atoms with Crippen LogP contribution in [0, 0.1) is 0 Å². The van der Waals surface area contributed by atoms with E-state index in [4.69, 9.17) is 0 Å². The fourth-order valence-corrected chi connectivity index (χ4v) is 2.53. The monoisotopic (exact) mass is 262 g/mol. The molecule has 0 aliphatic heterocycles. The lowest BCUT2D eigenvalue weighted by atomic mass is 9.99. The lowest BCUT2D eigenvalue weighted by Gasteiger charge is -2.11. The molecule has 0 spiro atoms. The summed E-state index contributed by atoms with van der Waals surface area (Å²) in [6.07, 6.45) is 0.826. The van der Waals surface area contributed by atoms with Gasteiger partial charge in [-0.3, -0.25) is 0 Å². The summed E-state index contributed by atoms with van der Waals surface area (Å²) in [5.74, 6) is 0.387. The van der Waals surface area contributed by atoms with E-state index in [-0.39, 0.29) is 0 Å². The minimum absolute atomic E-state index is 0.387. The Bertz CT molecular complexity index is 718. The molecule has 2 heteroatoms. The Balaban J connectivity index is 2.11. The Labute approximate surface area is 119 Å². The van der Waals surface area contributed by atoms with E-state index in [2.05, 4.69) is 72.6 Å². The van der Waals surface area contributed by atoms with Crippen LogP contribution in [0.3, 0.4) is 0 Å². The van der Waals surface area contributed by atoms with Crippen molar-refractivity contribution >= 4 is 10.8 Å². The summed E-state index contributed by atoms with van der Waals surface area (Å²) < 4.78 is 0. The molecule has 0 atom stereocenters. The zero-order valence-electron chi connectivity index (χ0n) is 11.9. The van der Waals surface area contributed by atoms with Crippen molar-refractivity contribution in [2.24, 2.45) is 0 Å². The van der Waals surface area contributed by atoms with E-state index in [0.29, 0.717) is 5.92 Å². The second-order valence-electron chi connectivity index (χ2n) is 5.39. The number of hydrogen-bond donors (Lipinski definition) is 0. The zero-order valence-corrected chi connectivity index (χ0v) is 11.9. The fraction of sp³-hybridized carbons (Fsp3) is 0.222. The highest BCUT2D eigenvalue weighted by Gasteiger charge is 2.11. The molecule has 3 rings (SSSR count). The first-order valence-corrected chi connectivity index (χ1v) is 7.04. The van der Waals surface area contributed by atoms with Crippen LogP contribution in [0.2, 0.25) is 0 Å². The molecule has 100 valence electrons. The number of benzene rings is 2. The van der Waals surface area contributed by atoms with Gasteiger partial charge in [-0.25, -0.2) is 0 Å². The Morgan fingerprint density at radius 2 is 1.45 bits per heavy atom. The van der Waals surface area contributed by atoms with Crippen LogP contribution in [0.4, 0.5) is 0 Å². The van der Waals surface area contributed by atoms with E-state index in [9.17, 15) is 0 Å².